The van der Waals surface area contributed by atoms with Crippen molar-refractivity contribution < 1.29 is 4.79 Å². The summed E-state index contributed by atoms with van der Waals surface area (Å²) in [6.07, 6.45) is 4.35. The lowest BCUT2D eigenvalue weighted by molar-refractivity contribution is -0.115. The molecule has 2 rings (SSSR count). The van der Waals surface area contributed by atoms with E-state index in [0.29, 0.717) is 12.6 Å². The van der Waals surface area contributed by atoms with Gasteiger partial charge in [-0.1, -0.05) is 13.8 Å². The number of thiazole rings is 1. The van der Waals surface area contributed by atoms with Gasteiger partial charge >= 0.3 is 0 Å². The van der Waals surface area contributed by atoms with Gasteiger partial charge in [-0.05, 0) is 38.8 Å². The van der Waals surface area contributed by atoms with Crippen LogP contribution in [0.15, 0.2) is 0 Å². The van der Waals surface area contributed by atoms with Gasteiger partial charge in [-0.3, -0.25) is 4.79 Å². The van der Waals surface area contributed by atoms with Crippen molar-refractivity contribution in [1.82, 2.24) is 15.6 Å². The minimum absolute atomic E-state index is 0.0152. The van der Waals surface area contributed by atoms with Crippen molar-refractivity contribution in [3.8, 4) is 0 Å². The Kier molecular flexibility index (Phi) is 5.94. The summed E-state index contributed by atoms with van der Waals surface area (Å²) in [5.41, 5.74) is 1.17. The summed E-state index contributed by atoms with van der Waals surface area (Å²) in [6.45, 7) is 6.39. The molecule has 1 amide bonds. The van der Waals surface area contributed by atoms with E-state index in [9.17, 15) is 4.79 Å². The van der Waals surface area contributed by atoms with E-state index >= 15 is 0 Å². The van der Waals surface area contributed by atoms with Gasteiger partial charge in [0.15, 0.2) is 5.13 Å². The predicted molar refractivity (Wildman–Crippen MR) is 83.4 cm³/mol. The van der Waals surface area contributed by atoms with Crippen LogP contribution in [0.4, 0.5) is 5.13 Å². The highest BCUT2D eigenvalue weighted by atomic mass is 32.1. The molecule has 6 heteroatoms. The highest BCUT2D eigenvalue weighted by Crippen LogP contribution is 2.29. The Morgan fingerprint density at radius 2 is 2.30 bits per heavy atom. The number of rotatable bonds is 7. The van der Waals surface area contributed by atoms with E-state index in [0.717, 1.165) is 43.9 Å². The molecule has 0 bridgehead atoms. The fourth-order valence-corrected chi connectivity index (χ4v) is 3.46. The van der Waals surface area contributed by atoms with Crippen molar-refractivity contribution in [2.24, 2.45) is 0 Å². The molecular weight excluding hydrogens is 272 g/mol. The fraction of sp³-hybridized carbons (Fsp3) is 0.714. The second-order valence-electron chi connectivity index (χ2n) is 5.11. The molecule has 0 saturated carbocycles. The van der Waals surface area contributed by atoms with Gasteiger partial charge in [-0.25, -0.2) is 4.98 Å². The van der Waals surface area contributed by atoms with Crippen LogP contribution < -0.4 is 16.0 Å². The van der Waals surface area contributed by atoms with E-state index in [1.807, 2.05) is 6.92 Å². The summed E-state index contributed by atoms with van der Waals surface area (Å²) in [5.74, 6) is -0.0152. The van der Waals surface area contributed by atoms with Crippen LogP contribution in [0.5, 0.6) is 0 Å². The normalized spacial score (nSPS) is 17.8. The van der Waals surface area contributed by atoms with Gasteiger partial charge in [0.2, 0.25) is 5.91 Å². The quantitative estimate of drug-likeness (QED) is 0.714. The average Bonchev–Trinajstić information content (AvgIpc) is 2.84. The number of nitrogens with zero attached hydrogens (tertiary/aromatic N) is 1. The van der Waals surface area contributed by atoms with Crippen molar-refractivity contribution in [3.63, 3.8) is 0 Å². The molecule has 5 nitrogen and oxygen atoms in total. The van der Waals surface area contributed by atoms with Crippen LogP contribution in [-0.2, 0) is 17.6 Å². The Bertz CT molecular complexity index is 446. The van der Waals surface area contributed by atoms with Gasteiger partial charge in [0.25, 0.3) is 0 Å². The number of aryl methyl sites for hydroxylation is 1. The number of nitrogens with one attached hydrogen (secondary N) is 3. The predicted octanol–water partition coefficient (Wildman–Crippen LogP) is 1.55. The van der Waals surface area contributed by atoms with Gasteiger partial charge in [0.05, 0.1) is 12.2 Å². The standard InChI is InChI=1S/C14H24N4OS/c1-3-7-16-10-5-6-11-12(8-10)20-14(17-11)18-13(19)9-15-4-2/h10,15-16H,3-9H2,1-2H3,(H,17,18,19)/t10-/m0/s1. The van der Waals surface area contributed by atoms with Crippen LogP contribution >= 0.6 is 11.3 Å². The molecule has 0 saturated heterocycles. The van der Waals surface area contributed by atoms with Gasteiger partial charge in [-0.15, -0.1) is 11.3 Å². The zero-order valence-electron chi connectivity index (χ0n) is 12.3. The maximum atomic E-state index is 11.7. The van der Waals surface area contributed by atoms with E-state index in [2.05, 4.69) is 27.9 Å². The van der Waals surface area contributed by atoms with Crippen molar-refractivity contribution in [2.75, 3.05) is 25.0 Å². The molecule has 1 aromatic rings. The minimum atomic E-state index is -0.0152. The topological polar surface area (TPSA) is 66.0 Å². The Balaban J connectivity index is 1.89. The first-order chi connectivity index (χ1) is 9.72. The van der Waals surface area contributed by atoms with Gasteiger partial charge in [-0.2, -0.15) is 0 Å². The van der Waals surface area contributed by atoms with Crippen molar-refractivity contribution in [1.29, 1.82) is 0 Å². The van der Waals surface area contributed by atoms with Crippen LogP contribution in [0.2, 0.25) is 0 Å². The van der Waals surface area contributed by atoms with Crippen LogP contribution in [0, 0.1) is 0 Å². The summed E-state index contributed by atoms with van der Waals surface area (Å²) in [7, 11) is 0. The number of likely N-dealkylation sites (N-methyl/N-ethyl adjacent to an activating group) is 1. The Morgan fingerprint density at radius 3 is 3.05 bits per heavy atom. The molecule has 1 aliphatic carbocycles. The van der Waals surface area contributed by atoms with Gasteiger partial charge in [0.1, 0.15) is 0 Å². The van der Waals surface area contributed by atoms with Crippen molar-refractivity contribution in [2.45, 2.75) is 45.6 Å². The van der Waals surface area contributed by atoms with Gasteiger partial charge in [0, 0.05) is 10.9 Å². The molecular formula is C14H24N4OS. The second kappa shape index (κ2) is 7.71. The molecule has 0 aromatic carbocycles. The second-order valence-corrected chi connectivity index (χ2v) is 6.19. The maximum Gasteiger partial charge on any atom is 0.240 e. The first kappa shape index (κ1) is 15.4. The molecule has 0 fully saturated rings. The van der Waals surface area contributed by atoms with Crippen molar-refractivity contribution >= 4 is 22.4 Å². The number of aromatic nitrogens is 1. The third kappa shape index (κ3) is 4.26. The molecule has 1 heterocycles. The summed E-state index contributed by atoms with van der Waals surface area (Å²) < 4.78 is 0. The number of carbonyl (C=O) groups is 1. The number of anilines is 1. The number of carbonyl (C=O) groups excluding carboxylic acids is 1. The van der Waals surface area contributed by atoms with E-state index < -0.39 is 0 Å². The molecule has 3 N–H and O–H groups in total. The summed E-state index contributed by atoms with van der Waals surface area (Å²) in [6, 6.07) is 0.563. The number of hydrogen-bond acceptors (Lipinski definition) is 5. The Hall–Kier alpha value is -0.980. The van der Waals surface area contributed by atoms with Crippen LogP contribution in [-0.4, -0.2) is 36.6 Å². The van der Waals surface area contributed by atoms with Crippen molar-refractivity contribution in [3.05, 3.63) is 10.6 Å². The molecule has 0 aliphatic heterocycles. The van der Waals surface area contributed by atoms with E-state index in [1.54, 1.807) is 11.3 Å². The number of fused-ring (bicyclic) bond motifs is 1. The first-order valence-corrected chi connectivity index (χ1v) is 8.27. The van der Waals surface area contributed by atoms with Crippen LogP contribution in [0.1, 0.15) is 37.3 Å². The third-order valence-electron chi connectivity index (χ3n) is 3.40. The first-order valence-electron chi connectivity index (χ1n) is 7.45. The summed E-state index contributed by atoms with van der Waals surface area (Å²) in [4.78, 5) is 17.5. The molecule has 20 heavy (non-hydrogen) atoms. The molecule has 0 spiro atoms. The average molecular weight is 296 g/mol. The summed E-state index contributed by atoms with van der Waals surface area (Å²) >= 11 is 1.62. The molecule has 112 valence electrons. The smallest absolute Gasteiger partial charge is 0.240 e. The third-order valence-corrected chi connectivity index (χ3v) is 4.44. The molecule has 1 atom stereocenters. The van der Waals surface area contributed by atoms with E-state index in [4.69, 9.17) is 0 Å². The molecule has 0 unspecified atom stereocenters. The number of amides is 1. The lowest BCUT2D eigenvalue weighted by Crippen LogP contribution is -2.34. The lowest BCUT2D eigenvalue weighted by atomic mass is 9.98. The van der Waals surface area contributed by atoms with Crippen LogP contribution in [0.3, 0.4) is 0 Å². The molecule has 0 radical (unpaired) electrons. The zero-order chi connectivity index (χ0) is 14.4. The Labute approximate surface area is 124 Å². The van der Waals surface area contributed by atoms with E-state index in [-0.39, 0.29) is 5.91 Å². The van der Waals surface area contributed by atoms with Crippen LogP contribution in [0.25, 0.3) is 0 Å². The Morgan fingerprint density at radius 1 is 1.45 bits per heavy atom. The van der Waals surface area contributed by atoms with E-state index in [1.165, 1.54) is 10.6 Å². The largest absolute Gasteiger partial charge is 0.314 e. The maximum absolute atomic E-state index is 11.7. The summed E-state index contributed by atoms with van der Waals surface area (Å²) in [5, 5.41) is 10.2. The molecule has 1 aliphatic rings. The monoisotopic (exact) mass is 296 g/mol. The minimum Gasteiger partial charge on any atom is -0.314 e. The lowest BCUT2D eigenvalue weighted by Gasteiger charge is -2.21. The fourth-order valence-electron chi connectivity index (χ4n) is 2.35. The number of hydrogen-bond donors (Lipinski definition) is 3. The highest BCUT2D eigenvalue weighted by Gasteiger charge is 2.22. The zero-order valence-corrected chi connectivity index (χ0v) is 13.1. The highest BCUT2D eigenvalue weighted by molar-refractivity contribution is 7.15. The van der Waals surface area contributed by atoms with Gasteiger partial charge < -0.3 is 16.0 Å². The molecule has 1 aromatic heterocycles. The SMILES string of the molecule is CCCN[C@H]1CCc2nc(NC(=O)CNCC)sc2C1.